The number of aromatic nitrogens is 5. The van der Waals surface area contributed by atoms with E-state index in [0.29, 0.717) is 22.6 Å². The van der Waals surface area contributed by atoms with Gasteiger partial charge >= 0.3 is 12.2 Å². The van der Waals surface area contributed by atoms with Crippen LogP contribution < -0.4 is 10.6 Å². The minimum atomic E-state index is -4.57. The van der Waals surface area contributed by atoms with Crippen LogP contribution in [0.25, 0.3) is 5.65 Å². The topological polar surface area (TPSA) is 140 Å². The number of carbonyl (C=O) groups is 2. The molecule has 0 aromatic carbocycles. The third-order valence-electron chi connectivity index (χ3n) is 7.62. The van der Waals surface area contributed by atoms with Crippen LogP contribution in [-0.4, -0.2) is 74.2 Å². The van der Waals surface area contributed by atoms with E-state index in [1.54, 1.807) is 23.7 Å². The van der Waals surface area contributed by atoms with Gasteiger partial charge in [-0.05, 0) is 36.9 Å². The molecule has 40 heavy (non-hydrogen) atoms. The number of nitrogens with one attached hydrogen (secondary N) is 2. The first-order valence-corrected chi connectivity index (χ1v) is 13.2. The number of halogens is 3. The van der Waals surface area contributed by atoms with Crippen molar-refractivity contribution in [3.63, 3.8) is 0 Å². The van der Waals surface area contributed by atoms with Gasteiger partial charge in [0.1, 0.15) is 11.7 Å². The minimum Gasteiger partial charge on any atom is -0.382 e. The van der Waals surface area contributed by atoms with Crippen LogP contribution in [0.5, 0.6) is 0 Å². The Bertz CT molecular complexity index is 1350. The largest absolute Gasteiger partial charge is 0.410 e. The highest BCUT2D eigenvalue weighted by Gasteiger charge is 2.48. The molecule has 5 rings (SSSR count). The molecule has 1 saturated carbocycles. The molecule has 3 amide bonds. The number of carbonyl (C=O) groups excluding carboxylic acids is 2. The Balaban J connectivity index is 1.45. The number of amides is 3. The summed E-state index contributed by atoms with van der Waals surface area (Å²) in [6, 6.07) is -2.37. The lowest BCUT2D eigenvalue weighted by molar-refractivity contribution is -0.150. The van der Waals surface area contributed by atoms with E-state index in [-0.39, 0.29) is 18.2 Å². The van der Waals surface area contributed by atoms with Crippen molar-refractivity contribution >= 4 is 17.6 Å². The highest BCUT2D eigenvalue weighted by molar-refractivity contribution is 5.93. The summed E-state index contributed by atoms with van der Waals surface area (Å²) in [4.78, 5) is 31.4. The molecule has 1 saturated heterocycles. The third-order valence-corrected chi connectivity index (χ3v) is 7.62. The first kappa shape index (κ1) is 27.8. The molecular weight excluding hydrogens is 533 g/mol. The number of urea groups is 1. The van der Waals surface area contributed by atoms with Crippen molar-refractivity contribution in [1.29, 1.82) is 0 Å². The van der Waals surface area contributed by atoms with Gasteiger partial charge in [0, 0.05) is 12.7 Å². The number of fused-ring (bicyclic) bond motifs is 1. The van der Waals surface area contributed by atoms with Crippen LogP contribution in [-0.2, 0) is 4.74 Å². The molecule has 216 valence electrons. The highest BCUT2D eigenvalue weighted by Crippen LogP contribution is 2.34. The SMILES string of the molecule is COC[C@H](c1cnn2cc([C@@H](NC(=O)c3nonc3C)C3CCCCCC3)nc2c1)N1C[C@@H](C(F)(F)F)NC1=O. The van der Waals surface area contributed by atoms with Crippen molar-refractivity contribution in [3.05, 3.63) is 41.1 Å². The Labute approximate surface area is 227 Å². The summed E-state index contributed by atoms with van der Waals surface area (Å²) < 4.78 is 51.4. The predicted molar refractivity (Wildman–Crippen MR) is 133 cm³/mol. The fourth-order valence-corrected chi connectivity index (χ4v) is 5.50. The third kappa shape index (κ3) is 5.74. The summed E-state index contributed by atoms with van der Waals surface area (Å²) in [5.74, 6) is -0.289. The molecular formula is C25H31F3N8O4. The van der Waals surface area contributed by atoms with E-state index in [1.165, 1.54) is 13.3 Å². The van der Waals surface area contributed by atoms with Gasteiger partial charge in [0.05, 0.1) is 43.3 Å². The zero-order chi connectivity index (χ0) is 28.4. The summed E-state index contributed by atoms with van der Waals surface area (Å²) >= 11 is 0. The monoisotopic (exact) mass is 564 g/mol. The van der Waals surface area contributed by atoms with Crippen LogP contribution >= 0.6 is 0 Å². The van der Waals surface area contributed by atoms with E-state index in [9.17, 15) is 22.8 Å². The molecule has 3 atom stereocenters. The standard InChI is InChI=1S/C25H31F3N8O4/c1-14-21(34-40-33-14)23(37)32-22(15-7-5-3-4-6-8-15)17-11-36-20(30-17)9-16(10-29-36)18(13-39-2)35-12-19(25(26,27)28)31-24(35)38/h9-11,15,18-19,22H,3-8,12-13H2,1-2H3,(H,31,38)(H,32,37)/t18-,19+,22+/m1/s1. The summed E-state index contributed by atoms with van der Waals surface area (Å²) in [6.45, 7) is 1.05. The Hall–Kier alpha value is -3.75. The number of nitrogens with zero attached hydrogens (tertiary/aromatic N) is 6. The Kier molecular flexibility index (Phi) is 7.92. The van der Waals surface area contributed by atoms with Gasteiger partial charge in [0.2, 0.25) is 0 Å². The molecule has 2 N–H and O–H groups in total. The fourth-order valence-electron chi connectivity index (χ4n) is 5.50. The average Bonchev–Trinajstić information content (AvgIpc) is 3.58. The van der Waals surface area contributed by atoms with E-state index >= 15 is 0 Å². The first-order valence-electron chi connectivity index (χ1n) is 13.2. The molecule has 12 nitrogen and oxygen atoms in total. The second kappa shape index (κ2) is 11.4. The molecule has 1 aliphatic carbocycles. The van der Waals surface area contributed by atoms with E-state index in [4.69, 9.17) is 14.3 Å². The zero-order valence-electron chi connectivity index (χ0n) is 22.1. The second-order valence-corrected chi connectivity index (χ2v) is 10.3. The van der Waals surface area contributed by atoms with Gasteiger partial charge in [-0.3, -0.25) is 4.79 Å². The van der Waals surface area contributed by atoms with Crippen LogP contribution in [0.4, 0.5) is 18.0 Å². The predicted octanol–water partition coefficient (Wildman–Crippen LogP) is 3.51. The number of imidazole rings is 1. The van der Waals surface area contributed by atoms with Crippen molar-refractivity contribution in [2.45, 2.75) is 69.8 Å². The van der Waals surface area contributed by atoms with Crippen LogP contribution in [0, 0.1) is 12.8 Å². The normalized spacial score (nSPS) is 20.4. The smallest absolute Gasteiger partial charge is 0.382 e. The van der Waals surface area contributed by atoms with Gasteiger partial charge in [-0.25, -0.2) is 18.9 Å². The van der Waals surface area contributed by atoms with Gasteiger partial charge < -0.3 is 20.3 Å². The van der Waals surface area contributed by atoms with E-state index < -0.39 is 42.8 Å². The molecule has 0 unspecified atom stereocenters. The van der Waals surface area contributed by atoms with Crippen molar-refractivity contribution in [2.24, 2.45) is 5.92 Å². The fraction of sp³-hybridized carbons (Fsp3) is 0.600. The number of alkyl halides is 3. The molecule has 4 heterocycles. The molecule has 0 radical (unpaired) electrons. The van der Waals surface area contributed by atoms with Crippen LogP contribution in [0.15, 0.2) is 23.1 Å². The summed E-state index contributed by atoms with van der Waals surface area (Å²) in [6.07, 6.45) is 4.79. The maximum absolute atomic E-state index is 13.3. The summed E-state index contributed by atoms with van der Waals surface area (Å²) in [5, 5.41) is 16.9. The quantitative estimate of drug-likeness (QED) is 0.396. The van der Waals surface area contributed by atoms with Gasteiger partial charge in [-0.1, -0.05) is 30.8 Å². The van der Waals surface area contributed by atoms with Crippen LogP contribution in [0.2, 0.25) is 0 Å². The Morgan fingerprint density at radius 1 is 1.25 bits per heavy atom. The minimum absolute atomic E-state index is 0.0325. The Morgan fingerprint density at radius 2 is 2.00 bits per heavy atom. The summed E-state index contributed by atoms with van der Waals surface area (Å²) in [7, 11) is 1.41. The molecule has 2 aliphatic rings. The molecule has 0 spiro atoms. The number of aryl methyl sites for hydroxylation is 1. The van der Waals surface area contributed by atoms with Crippen molar-refractivity contribution in [3.8, 4) is 0 Å². The van der Waals surface area contributed by atoms with Crippen LogP contribution in [0.1, 0.15) is 78.0 Å². The van der Waals surface area contributed by atoms with Gasteiger partial charge in [-0.2, -0.15) is 18.3 Å². The number of hydrogen-bond donors (Lipinski definition) is 2. The number of hydrogen-bond acceptors (Lipinski definition) is 8. The van der Waals surface area contributed by atoms with Gasteiger partial charge in [0.15, 0.2) is 11.3 Å². The number of rotatable bonds is 8. The highest BCUT2D eigenvalue weighted by atomic mass is 19.4. The maximum atomic E-state index is 13.3. The lowest BCUT2D eigenvalue weighted by Gasteiger charge is -2.26. The van der Waals surface area contributed by atoms with E-state index in [2.05, 4.69) is 20.7 Å². The van der Waals surface area contributed by atoms with Crippen molar-refractivity contribution < 1.29 is 32.1 Å². The molecule has 1 aliphatic heterocycles. The van der Waals surface area contributed by atoms with Gasteiger partial charge in [0.25, 0.3) is 5.91 Å². The van der Waals surface area contributed by atoms with Crippen LogP contribution in [0.3, 0.4) is 0 Å². The molecule has 3 aromatic rings. The average molecular weight is 565 g/mol. The molecule has 0 bridgehead atoms. The summed E-state index contributed by atoms with van der Waals surface area (Å²) in [5.41, 5.74) is 1.97. The molecule has 2 fully saturated rings. The second-order valence-electron chi connectivity index (χ2n) is 10.3. The number of methoxy groups -OCH3 is 1. The van der Waals surface area contributed by atoms with Crippen molar-refractivity contribution in [1.82, 2.24) is 40.4 Å². The van der Waals surface area contributed by atoms with E-state index in [0.717, 1.165) is 43.4 Å². The van der Waals surface area contributed by atoms with E-state index in [1.807, 2.05) is 5.32 Å². The maximum Gasteiger partial charge on any atom is 0.410 e. The Morgan fingerprint density at radius 3 is 2.62 bits per heavy atom. The first-order chi connectivity index (χ1) is 19.2. The lowest BCUT2D eigenvalue weighted by atomic mass is 9.90. The number of ether oxygens (including phenoxy) is 1. The zero-order valence-corrected chi connectivity index (χ0v) is 22.1. The van der Waals surface area contributed by atoms with Gasteiger partial charge in [-0.15, -0.1) is 0 Å². The lowest BCUT2D eigenvalue weighted by Crippen LogP contribution is -2.40. The van der Waals surface area contributed by atoms with Crippen molar-refractivity contribution in [2.75, 3.05) is 20.3 Å². The molecule has 15 heteroatoms. The molecule has 3 aromatic heterocycles.